The van der Waals surface area contributed by atoms with Gasteiger partial charge < -0.3 is 34.5 Å². The molecule has 0 saturated carbocycles. The minimum atomic E-state index is -2.56. The first-order valence-corrected chi connectivity index (χ1v) is 7.29. The van der Waals surface area contributed by atoms with Crippen LogP contribution < -0.4 is 5.32 Å². The zero-order chi connectivity index (χ0) is 19.4. The van der Waals surface area contributed by atoms with E-state index in [-0.39, 0.29) is 0 Å². The van der Waals surface area contributed by atoms with Crippen molar-refractivity contribution in [2.45, 2.75) is 58.0 Å². The number of aliphatic hydroxyl groups excluding tert-OH is 1. The van der Waals surface area contributed by atoms with Gasteiger partial charge in [-0.3, -0.25) is 19.2 Å². The van der Waals surface area contributed by atoms with Gasteiger partial charge in [-0.25, -0.2) is 0 Å². The third-order valence-corrected chi connectivity index (χ3v) is 3.18. The first kappa shape index (κ1) is 20.8. The van der Waals surface area contributed by atoms with Crippen LogP contribution in [0.1, 0.15) is 27.7 Å². The second-order valence-electron chi connectivity index (χ2n) is 5.45. The minimum Gasteiger partial charge on any atom is -0.463 e. The molecule has 0 aromatic heterocycles. The number of nitrogens with one attached hydrogen (secondary N) is 1. The number of hydrogen-bond acceptors (Lipinski definition) is 10. The smallest absolute Gasteiger partial charge is 0.305 e. The Morgan fingerprint density at radius 1 is 1.04 bits per heavy atom. The molecule has 1 fully saturated rings. The minimum absolute atomic E-state index is 0.470. The SMILES string of the molecule is CC(=O)N[C@]1(O)C(OC(C)=O)O[C@H](COC(C)=O)[C@@H](O)[C@@H]1OC(C)=O. The molecule has 0 aromatic carbocycles. The van der Waals surface area contributed by atoms with Crippen LogP contribution >= 0.6 is 0 Å². The van der Waals surface area contributed by atoms with Crippen molar-refractivity contribution in [3.05, 3.63) is 0 Å². The van der Waals surface area contributed by atoms with Crippen molar-refractivity contribution in [3.63, 3.8) is 0 Å². The fourth-order valence-electron chi connectivity index (χ4n) is 2.29. The van der Waals surface area contributed by atoms with E-state index in [2.05, 4.69) is 5.32 Å². The molecule has 0 spiro atoms. The molecule has 11 nitrogen and oxygen atoms in total. The summed E-state index contributed by atoms with van der Waals surface area (Å²) in [6.07, 6.45) is -6.59. The van der Waals surface area contributed by atoms with Gasteiger partial charge in [-0.15, -0.1) is 0 Å². The fourth-order valence-corrected chi connectivity index (χ4v) is 2.29. The van der Waals surface area contributed by atoms with E-state index in [4.69, 9.17) is 18.9 Å². The van der Waals surface area contributed by atoms with Gasteiger partial charge in [0.1, 0.15) is 18.8 Å². The van der Waals surface area contributed by atoms with Crippen molar-refractivity contribution in [1.29, 1.82) is 0 Å². The van der Waals surface area contributed by atoms with Gasteiger partial charge in [0.2, 0.25) is 11.6 Å². The molecular weight excluding hydrogens is 342 g/mol. The van der Waals surface area contributed by atoms with Gasteiger partial charge in [0, 0.05) is 27.7 Å². The maximum absolute atomic E-state index is 11.4. The van der Waals surface area contributed by atoms with E-state index < -0.39 is 60.7 Å². The highest BCUT2D eigenvalue weighted by Crippen LogP contribution is 2.32. The molecule has 1 saturated heterocycles. The number of ether oxygens (including phenoxy) is 4. The van der Waals surface area contributed by atoms with Crippen molar-refractivity contribution in [2.24, 2.45) is 0 Å². The molecule has 0 aliphatic carbocycles. The summed E-state index contributed by atoms with van der Waals surface area (Å²) in [5.41, 5.74) is -2.56. The molecule has 0 aromatic rings. The number of hydrogen-bond donors (Lipinski definition) is 3. The lowest BCUT2D eigenvalue weighted by atomic mass is 9.92. The van der Waals surface area contributed by atoms with Crippen molar-refractivity contribution in [2.75, 3.05) is 6.61 Å². The molecule has 1 aliphatic heterocycles. The molecule has 0 radical (unpaired) electrons. The lowest BCUT2D eigenvalue weighted by molar-refractivity contribution is -0.339. The molecule has 1 amide bonds. The Labute approximate surface area is 143 Å². The average molecular weight is 363 g/mol. The molecule has 5 atom stereocenters. The molecule has 1 heterocycles. The van der Waals surface area contributed by atoms with Crippen molar-refractivity contribution >= 4 is 23.8 Å². The Kier molecular flexibility index (Phi) is 6.85. The third-order valence-electron chi connectivity index (χ3n) is 3.18. The van der Waals surface area contributed by atoms with Crippen molar-refractivity contribution < 1.29 is 48.3 Å². The molecular formula is C14H21NO10. The summed E-state index contributed by atoms with van der Waals surface area (Å²) >= 11 is 0. The van der Waals surface area contributed by atoms with E-state index in [1.165, 1.54) is 0 Å². The largest absolute Gasteiger partial charge is 0.463 e. The van der Waals surface area contributed by atoms with Gasteiger partial charge in [-0.2, -0.15) is 0 Å². The predicted molar refractivity (Wildman–Crippen MR) is 77.4 cm³/mol. The van der Waals surface area contributed by atoms with E-state index in [1.54, 1.807) is 0 Å². The van der Waals surface area contributed by atoms with Gasteiger partial charge >= 0.3 is 17.9 Å². The highest BCUT2D eigenvalue weighted by molar-refractivity contribution is 5.74. The normalized spacial score (nSPS) is 31.6. The quantitative estimate of drug-likeness (QED) is 0.282. The van der Waals surface area contributed by atoms with Crippen LogP contribution in [0.15, 0.2) is 0 Å². The summed E-state index contributed by atoms with van der Waals surface area (Å²) in [5, 5.41) is 23.1. The van der Waals surface area contributed by atoms with Crippen molar-refractivity contribution in [3.8, 4) is 0 Å². The number of carbonyl (C=O) groups excluding carboxylic acids is 4. The van der Waals surface area contributed by atoms with E-state index >= 15 is 0 Å². The monoisotopic (exact) mass is 363 g/mol. The summed E-state index contributed by atoms with van der Waals surface area (Å²) < 4.78 is 19.7. The Morgan fingerprint density at radius 2 is 1.60 bits per heavy atom. The average Bonchev–Trinajstić information content (AvgIpc) is 2.44. The molecule has 25 heavy (non-hydrogen) atoms. The van der Waals surface area contributed by atoms with Crippen LogP contribution in [-0.2, 0) is 38.1 Å². The summed E-state index contributed by atoms with van der Waals surface area (Å²) in [5.74, 6) is -3.21. The fraction of sp³-hybridized carbons (Fsp3) is 0.714. The van der Waals surface area contributed by atoms with Crippen LogP contribution in [0.25, 0.3) is 0 Å². The lowest BCUT2D eigenvalue weighted by Gasteiger charge is -2.48. The van der Waals surface area contributed by atoms with Crippen LogP contribution in [-0.4, -0.2) is 71.0 Å². The van der Waals surface area contributed by atoms with Crippen LogP contribution in [0, 0.1) is 0 Å². The summed E-state index contributed by atoms with van der Waals surface area (Å²) in [6.45, 7) is 3.73. The second kappa shape index (κ2) is 8.23. The number of aliphatic hydroxyl groups is 2. The predicted octanol–water partition coefficient (Wildman–Crippen LogP) is -2.05. The maximum Gasteiger partial charge on any atom is 0.305 e. The molecule has 1 rings (SSSR count). The molecule has 1 aliphatic rings. The Hall–Kier alpha value is -2.24. The van der Waals surface area contributed by atoms with Gasteiger partial charge in [-0.05, 0) is 0 Å². The van der Waals surface area contributed by atoms with Crippen LogP contribution in [0.5, 0.6) is 0 Å². The standard InChI is InChI=1S/C14H21NO10/c1-6(16)15-14(21)12(23-8(3)18)11(20)10(5-22-7(2)17)25-13(14)24-9(4)19/h10-13,20-21H,5H2,1-4H3,(H,15,16)/t10-,11-,12+,13?,14-/m1/s1. The lowest BCUT2D eigenvalue weighted by Crippen LogP contribution is -2.74. The topological polar surface area (TPSA) is 158 Å². The molecule has 1 unspecified atom stereocenters. The number of esters is 3. The number of carbonyl (C=O) groups is 4. The van der Waals surface area contributed by atoms with E-state index in [0.717, 1.165) is 27.7 Å². The molecule has 3 N–H and O–H groups in total. The molecule has 142 valence electrons. The number of amides is 1. The Morgan fingerprint density at radius 3 is 2.04 bits per heavy atom. The molecule has 11 heteroatoms. The zero-order valence-electron chi connectivity index (χ0n) is 14.2. The Balaban J connectivity index is 3.23. The zero-order valence-corrected chi connectivity index (χ0v) is 14.2. The van der Waals surface area contributed by atoms with E-state index in [0.29, 0.717) is 0 Å². The first-order chi connectivity index (χ1) is 11.5. The van der Waals surface area contributed by atoms with Crippen LogP contribution in [0.3, 0.4) is 0 Å². The van der Waals surface area contributed by atoms with Crippen LogP contribution in [0.4, 0.5) is 0 Å². The number of rotatable bonds is 5. The highest BCUT2D eigenvalue weighted by atomic mass is 16.7. The molecule has 0 bridgehead atoms. The van der Waals surface area contributed by atoms with Gasteiger partial charge in [0.05, 0.1) is 0 Å². The van der Waals surface area contributed by atoms with E-state index in [9.17, 15) is 29.4 Å². The second-order valence-corrected chi connectivity index (χ2v) is 5.45. The maximum atomic E-state index is 11.4. The van der Waals surface area contributed by atoms with E-state index in [1.807, 2.05) is 0 Å². The van der Waals surface area contributed by atoms with Gasteiger partial charge in [0.15, 0.2) is 6.10 Å². The third kappa shape index (κ3) is 5.37. The first-order valence-electron chi connectivity index (χ1n) is 7.29. The summed E-state index contributed by atoms with van der Waals surface area (Å²) in [7, 11) is 0. The van der Waals surface area contributed by atoms with Gasteiger partial charge in [0.25, 0.3) is 6.29 Å². The van der Waals surface area contributed by atoms with Crippen molar-refractivity contribution in [1.82, 2.24) is 5.32 Å². The highest BCUT2D eigenvalue weighted by Gasteiger charge is 2.60. The van der Waals surface area contributed by atoms with Crippen LogP contribution in [0.2, 0.25) is 0 Å². The Bertz CT molecular complexity index is 550. The summed E-state index contributed by atoms with van der Waals surface area (Å²) in [4.78, 5) is 45.0. The van der Waals surface area contributed by atoms with Gasteiger partial charge in [-0.1, -0.05) is 0 Å². The summed E-state index contributed by atoms with van der Waals surface area (Å²) in [6, 6.07) is 0.